The Morgan fingerprint density at radius 2 is 2.04 bits per heavy atom. The van der Waals surface area contributed by atoms with Crippen molar-refractivity contribution in [1.82, 2.24) is 9.78 Å². The number of carbonyl (C=O) groups excluding carboxylic acids is 2. The lowest BCUT2D eigenvalue weighted by atomic mass is 9.68. The van der Waals surface area contributed by atoms with Gasteiger partial charge in [0.05, 0.1) is 45.6 Å². The van der Waals surface area contributed by atoms with Crippen LogP contribution in [0.2, 0.25) is 0 Å². The van der Waals surface area contributed by atoms with Crippen molar-refractivity contribution in [3.8, 4) is 5.75 Å². The number of amides is 1. The number of hydrogen-bond acceptors (Lipinski definition) is 7. The number of Topliss-reactive ketones (excluding diaryl/α,β-unsaturated/α-hetero) is 1. The van der Waals surface area contributed by atoms with Gasteiger partial charge < -0.3 is 14.4 Å². The van der Waals surface area contributed by atoms with Gasteiger partial charge in [-0.3, -0.25) is 14.3 Å². The lowest BCUT2D eigenvalue weighted by molar-refractivity contribution is 0.0131. The molecule has 1 fully saturated rings. The van der Waals surface area contributed by atoms with Crippen LogP contribution in [0, 0.1) is 24.7 Å². The van der Waals surface area contributed by atoms with E-state index in [1.54, 1.807) is 26.4 Å². The van der Waals surface area contributed by atoms with Crippen molar-refractivity contribution in [1.29, 1.82) is 0 Å². The highest BCUT2D eigenvalue weighted by Crippen LogP contribution is 2.47. The van der Waals surface area contributed by atoms with Crippen LogP contribution >= 0.6 is 0 Å². The summed E-state index contributed by atoms with van der Waals surface area (Å²) in [5.74, 6) is 0.343. The maximum Gasteiger partial charge on any atom is 0.285 e. The van der Waals surface area contributed by atoms with Gasteiger partial charge in [0.15, 0.2) is 5.78 Å². The van der Waals surface area contributed by atoms with Gasteiger partial charge in [-0.1, -0.05) is 42.8 Å². The van der Waals surface area contributed by atoms with E-state index in [1.807, 2.05) is 19.1 Å². The number of benzene rings is 2. The standard InChI is InChI=1S/C39H48N4O5S/c1-26-10-14-33-28(17-26)8-6-16-39(33)24-43-21-30-11-13-32(30)36(47-4)9-5-7-27(2)22-49(46,23-35(44)31-19-40-42(3)20-31)41-38(45)29-12-15-37(48-25-39)34(43)18-29/h5,9-10,12,14-15,17-20,27,30,32,36H,6-8,11,13,16,21-25H2,1-4H3/b9-5+/t27-,30-,32+,36-,39-,49+/m0/s1. The monoisotopic (exact) mass is 684 g/mol. The lowest BCUT2D eigenvalue weighted by Gasteiger charge is -2.46. The zero-order valence-electron chi connectivity index (χ0n) is 29.1. The summed E-state index contributed by atoms with van der Waals surface area (Å²) in [5, 5.41) is 4.10. The van der Waals surface area contributed by atoms with E-state index in [0.29, 0.717) is 36.0 Å². The third kappa shape index (κ3) is 6.86. The zero-order valence-corrected chi connectivity index (χ0v) is 29.9. The minimum atomic E-state index is -3.25. The van der Waals surface area contributed by atoms with Crippen molar-refractivity contribution >= 4 is 27.1 Å². The Labute approximate surface area is 290 Å². The molecule has 2 bridgehead atoms. The molecular formula is C39H48N4O5S. The van der Waals surface area contributed by atoms with Crippen LogP contribution in [-0.2, 0) is 33.3 Å². The number of hydrogen-bond donors (Lipinski definition) is 0. The van der Waals surface area contributed by atoms with Gasteiger partial charge >= 0.3 is 0 Å². The molecule has 1 aromatic heterocycles. The average Bonchev–Trinajstić information content (AvgIpc) is 3.43. The fourth-order valence-corrected chi connectivity index (χ4v) is 10.7. The van der Waals surface area contributed by atoms with Crippen molar-refractivity contribution in [3.63, 3.8) is 0 Å². The predicted octanol–water partition coefficient (Wildman–Crippen LogP) is 6.33. The van der Waals surface area contributed by atoms with Gasteiger partial charge in [0.25, 0.3) is 5.91 Å². The molecule has 10 heteroatoms. The molecule has 2 aromatic carbocycles. The van der Waals surface area contributed by atoms with Crippen molar-refractivity contribution < 1.29 is 23.3 Å². The first-order valence-electron chi connectivity index (χ1n) is 17.6. The number of rotatable bonds is 4. The van der Waals surface area contributed by atoms with Crippen LogP contribution in [0.3, 0.4) is 0 Å². The number of nitrogens with zero attached hydrogens (tertiary/aromatic N) is 4. The number of fused-ring (bicyclic) bond motifs is 4. The van der Waals surface area contributed by atoms with E-state index in [0.717, 1.165) is 56.6 Å². The van der Waals surface area contributed by atoms with Crippen LogP contribution in [0.4, 0.5) is 5.69 Å². The Balaban J connectivity index is 1.31. The van der Waals surface area contributed by atoms with E-state index in [1.165, 1.54) is 27.6 Å². The molecule has 3 heterocycles. The van der Waals surface area contributed by atoms with E-state index >= 15 is 0 Å². The summed E-state index contributed by atoms with van der Waals surface area (Å²) < 4.78 is 33.2. The summed E-state index contributed by atoms with van der Waals surface area (Å²) in [7, 11) is 0.258. The molecule has 3 aromatic rings. The Bertz CT molecular complexity index is 1910. The predicted molar refractivity (Wildman–Crippen MR) is 192 cm³/mol. The maximum atomic E-state index is 14.5. The van der Waals surface area contributed by atoms with Crippen molar-refractivity contribution in [2.75, 3.05) is 43.2 Å². The molecule has 1 spiro atoms. The summed E-state index contributed by atoms with van der Waals surface area (Å²) in [6, 6.07) is 12.3. The number of methoxy groups -OCH3 is 1. The molecule has 2 aliphatic heterocycles. The third-order valence-corrected chi connectivity index (χ3v) is 13.4. The first-order chi connectivity index (χ1) is 23.5. The number of aromatic nitrogens is 2. The second-order valence-corrected chi connectivity index (χ2v) is 17.3. The molecule has 9 nitrogen and oxygen atoms in total. The molecule has 0 saturated heterocycles. The fraction of sp³-hybridized carbons (Fsp3) is 0.513. The van der Waals surface area contributed by atoms with Gasteiger partial charge in [-0.2, -0.15) is 9.46 Å². The van der Waals surface area contributed by atoms with Crippen LogP contribution in [0.25, 0.3) is 0 Å². The first kappa shape index (κ1) is 33.7. The number of aryl methyl sites for hydroxylation is 3. The smallest absolute Gasteiger partial charge is 0.285 e. The third-order valence-electron chi connectivity index (χ3n) is 11.1. The summed E-state index contributed by atoms with van der Waals surface area (Å²) in [5.41, 5.74) is 5.43. The summed E-state index contributed by atoms with van der Waals surface area (Å²) in [6.45, 7) is 6.30. The van der Waals surface area contributed by atoms with Crippen molar-refractivity contribution in [2.24, 2.45) is 29.2 Å². The number of allylic oxidation sites excluding steroid dienone is 1. The van der Waals surface area contributed by atoms with E-state index in [-0.39, 0.29) is 34.7 Å². The molecule has 2 aliphatic carbocycles. The van der Waals surface area contributed by atoms with Gasteiger partial charge in [-0.05, 0) is 92.5 Å². The largest absolute Gasteiger partial charge is 0.490 e. The topological polar surface area (TPSA) is 103 Å². The van der Waals surface area contributed by atoms with Gasteiger partial charge in [0.2, 0.25) is 0 Å². The van der Waals surface area contributed by atoms with E-state index in [9.17, 15) is 13.8 Å². The van der Waals surface area contributed by atoms with Crippen molar-refractivity contribution in [3.05, 3.63) is 88.8 Å². The molecule has 0 N–H and O–H groups in total. The molecule has 6 atom stereocenters. The normalized spacial score (nSPS) is 30.6. The van der Waals surface area contributed by atoms with Crippen LogP contribution < -0.4 is 9.64 Å². The highest BCUT2D eigenvalue weighted by atomic mass is 32.2. The molecule has 1 saturated carbocycles. The van der Waals surface area contributed by atoms with Crippen LogP contribution in [0.5, 0.6) is 5.75 Å². The Hall–Kier alpha value is -3.76. The first-order valence-corrected chi connectivity index (χ1v) is 19.5. The Morgan fingerprint density at radius 1 is 1.18 bits per heavy atom. The number of anilines is 1. The second kappa shape index (κ2) is 13.5. The Kier molecular flexibility index (Phi) is 9.30. The van der Waals surface area contributed by atoms with Crippen LogP contribution in [0.1, 0.15) is 76.4 Å². The average molecular weight is 685 g/mol. The number of ether oxygens (including phenoxy) is 2. The molecule has 49 heavy (non-hydrogen) atoms. The van der Waals surface area contributed by atoms with Crippen LogP contribution in [-0.4, -0.2) is 70.1 Å². The molecule has 260 valence electrons. The Morgan fingerprint density at radius 3 is 2.80 bits per heavy atom. The van der Waals surface area contributed by atoms with E-state index in [2.05, 4.69) is 51.6 Å². The number of ketones is 1. The minimum absolute atomic E-state index is 0.0250. The van der Waals surface area contributed by atoms with E-state index < -0.39 is 15.6 Å². The minimum Gasteiger partial charge on any atom is -0.490 e. The van der Waals surface area contributed by atoms with Gasteiger partial charge in [0.1, 0.15) is 5.75 Å². The molecule has 4 aliphatic rings. The molecule has 0 unspecified atom stereocenters. The maximum absolute atomic E-state index is 14.5. The van der Waals surface area contributed by atoms with Crippen LogP contribution in [0.15, 0.2) is 65.3 Å². The second-order valence-electron chi connectivity index (χ2n) is 14.9. The highest BCUT2D eigenvalue weighted by Gasteiger charge is 2.44. The fourth-order valence-electron chi connectivity index (χ4n) is 8.48. The molecular weight excluding hydrogens is 637 g/mol. The quantitative estimate of drug-likeness (QED) is 0.234. The highest BCUT2D eigenvalue weighted by molar-refractivity contribution is 7.94. The molecule has 7 rings (SSSR count). The lowest BCUT2D eigenvalue weighted by Crippen LogP contribution is -2.49. The summed E-state index contributed by atoms with van der Waals surface area (Å²) in [4.78, 5) is 29.7. The zero-order chi connectivity index (χ0) is 34.3. The van der Waals surface area contributed by atoms with E-state index in [4.69, 9.17) is 9.47 Å². The van der Waals surface area contributed by atoms with Gasteiger partial charge in [-0.15, -0.1) is 0 Å². The number of carbonyl (C=O) groups is 2. The molecule has 0 radical (unpaired) electrons. The molecule has 1 amide bonds. The van der Waals surface area contributed by atoms with Crippen molar-refractivity contribution in [2.45, 2.75) is 63.9 Å². The summed E-state index contributed by atoms with van der Waals surface area (Å²) in [6.07, 6.45) is 13.4. The van der Waals surface area contributed by atoms with Gasteiger partial charge in [-0.25, -0.2) is 4.21 Å². The van der Waals surface area contributed by atoms with Gasteiger partial charge in [0, 0.05) is 50.2 Å². The summed E-state index contributed by atoms with van der Waals surface area (Å²) >= 11 is 0. The SMILES string of the molecule is CO[C@H]1/C=C/C[C@H](C)C[S@@](=O)(CC(=O)c2cnn(C)c2)=NC(=O)c2ccc3c(c2)N(C[C@@H]2CC[C@H]21)C[C@@]1(CCCc2cc(C)ccc21)CO3.